The van der Waals surface area contributed by atoms with E-state index in [1.54, 1.807) is 20.8 Å². The standard InChI is InChI=1S/C15H20F3NO6S/c1-14(2,3)24-13(21)19-8-7-12(20)10-5-4-6-11(9-10)25-26(22,23)15(16,17)18/h4-6,9,12,20H,7-8H2,1-3H3,(H,19,21). The number of benzene rings is 1. The first-order chi connectivity index (χ1) is 11.7. The molecule has 0 radical (unpaired) electrons. The molecule has 0 aromatic heterocycles. The quantitative estimate of drug-likeness (QED) is 0.563. The molecule has 0 bridgehead atoms. The summed E-state index contributed by atoms with van der Waals surface area (Å²) in [4.78, 5) is 11.5. The first-order valence-electron chi connectivity index (χ1n) is 7.47. The Morgan fingerprint density at radius 3 is 2.42 bits per heavy atom. The molecular formula is C15H20F3NO6S. The minimum absolute atomic E-state index is 0.0225. The fourth-order valence-electron chi connectivity index (χ4n) is 1.74. The van der Waals surface area contributed by atoms with Crippen LogP contribution in [0.4, 0.5) is 18.0 Å². The van der Waals surface area contributed by atoms with Crippen LogP contribution in [-0.2, 0) is 14.9 Å². The number of alkyl carbamates (subject to hydrolysis) is 1. The second-order valence-corrected chi connectivity index (χ2v) is 7.83. The van der Waals surface area contributed by atoms with E-state index in [4.69, 9.17) is 4.74 Å². The van der Waals surface area contributed by atoms with Crippen molar-refractivity contribution >= 4 is 16.2 Å². The summed E-state index contributed by atoms with van der Waals surface area (Å²) < 4.78 is 68.0. The maximum atomic E-state index is 12.3. The van der Waals surface area contributed by atoms with Crippen LogP contribution in [0.25, 0.3) is 0 Å². The molecule has 1 unspecified atom stereocenters. The number of alkyl halides is 3. The molecule has 1 amide bonds. The summed E-state index contributed by atoms with van der Waals surface area (Å²) in [5.41, 5.74) is -6.11. The van der Waals surface area contributed by atoms with E-state index in [1.165, 1.54) is 12.1 Å². The van der Waals surface area contributed by atoms with Crippen molar-refractivity contribution in [2.75, 3.05) is 6.54 Å². The predicted octanol–water partition coefficient (Wildman–Crippen LogP) is 2.86. The minimum atomic E-state index is -5.79. The number of carbonyl (C=O) groups excluding carboxylic acids is 1. The van der Waals surface area contributed by atoms with Crippen molar-refractivity contribution in [3.63, 3.8) is 0 Å². The fourth-order valence-corrected chi connectivity index (χ4v) is 2.19. The topological polar surface area (TPSA) is 102 Å². The Morgan fingerprint density at radius 2 is 1.88 bits per heavy atom. The van der Waals surface area contributed by atoms with Crippen LogP contribution in [0.1, 0.15) is 38.9 Å². The van der Waals surface area contributed by atoms with Gasteiger partial charge in [0.15, 0.2) is 0 Å². The van der Waals surface area contributed by atoms with Gasteiger partial charge in [-0.15, -0.1) is 0 Å². The van der Waals surface area contributed by atoms with Crippen molar-refractivity contribution in [1.29, 1.82) is 0 Å². The van der Waals surface area contributed by atoms with Crippen LogP contribution in [0.5, 0.6) is 5.75 Å². The molecule has 148 valence electrons. The van der Waals surface area contributed by atoms with Gasteiger partial charge in [0.1, 0.15) is 11.4 Å². The predicted molar refractivity (Wildman–Crippen MR) is 85.9 cm³/mol. The monoisotopic (exact) mass is 399 g/mol. The molecule has 0 spiro atoms. The van der Waals surface area contributed by atoms with Crippen molar-refractivity contribution in [2.45, 2.75) is 44.4 Å². The largest absolute Gasteiger partial charge is 0.534 e. The van der Waals surface area contributed by atoms with Crippen LogP contribution in [0, 0.1) is 0 Å². The molecule has 0 heterocycles. The number of nitrogens with one attached hydrogen (secondary N) is 1. The molecular weight excluding hydrogens is 379 g/mol. The van der Waals surface area contributed by atoms with Crippen LogP contribution in [0.3, 0.4) is 0 Å². The lowest BCUT2D eigenvalue weighted by Gasteiger charge is -2.20. The van der Waals surface area contributed by atoms with Gasteiger partial charge in [0.25, 0.3) is 0 Å². The van der Waals surface area contributed by atoms with E-state index in [0.717, 1.165) is 12.1 Å². The van der Waals surface area contributed by atoms with Crippen molar-refractivity contribution < 1.29 is 40.4 Å². The van der Waals surface area contributed by atoms with E-state index < -0.39 is 39.2 Å². The smallest absolute Gasteiger partial charge is 0.444 e. The van der Waals surface area contributed by atoms with Crippen LogP contribution < -0.4 is 9.50 Å². The Morgan fingerprint density at radius 1 is 1.27 bits per heavy atom. The third-order valence-corrected chi connectivity index (χ3v) is 3.80. The van der Waals surface area contributed by atoms with Crippen molar-refractivity contribution in [1.82, 2.24) is 5.32 Å². The first-order valence-corrected chi connectivity index (χ1v) is 8.88. The van der Waals surface area contributed by atoms with Gasteiger partial charge >= 0.3 is 21.7 Å². The highest BCUT2D eigenvalue weighted by molar-refractivity contribution is 7.88. The number of carbonyl (C=O) groups is 1. The highest BCUT2D eigenvalue weighted by atomic mass is 32.2. The number of aliphatic hydroxyl groups is 1. The van der Waals surface area contributed by atoms with Gasteiger partial charge in [-0.25, -0.2) is 4.79 Å². The summed E-state index contributed by atoms with van der Waals surface area (Å²) in [6, 6.07) is 4.60. The highest BCUT2D eigenvalue weighted by Gasteiger charge is 2.48. The summed E-state index contributed by atoms with van der Waals surface area (Å²) in [5.74, 6) is -0.584. The van der Waals surface area contributed by atoms with E-state index in [9.17, 15) is 31.5 Å². The Hall–Kier alpha value is -2.01. The summed E-state index contributed by atoms with van der Waals surface area (Å²) >= 11 is 0. The zero-order valence-corrected chi connectivity index (χ0v) is 15.1. The van der Waals surface area contributed by atoms with Gasteiger partial charge in [0.2, 0.25) is 0 Å². The molecule has 1 rings (SSSR count). The van der Waals surface area contributed by atoms with Crippen molar-refractivity contribution in [3.8, 4) is 5.75 Å². The lowest BCUT2D eigenvalue weighted by Crippen LogP contribution is -2.33. The summed E-state index contributed by atoms with van der Waals surface area (Å²) in [6.07, 6.45) is -1.82. The lowest BCUT2D eigenvalue weighted by atomic mass is 10.1. The third-order valence-electron chi connectivity index (χ3n) is 2.82. The molecule has 0 aliphatic carbocycles. The fraction of sp³-hybridized carbons (Fsp3) is 0.533. The average Bonchev–Trinajstić information content (AvgIpc) is 2.43. The highest BCUT2D eigenvalue weighted by Crippen LogP contribution is 2.28. The van der Waals surface area contributed by atoms with Crippen LogP contribution in [0.15, 0.2) is 24.3 Å². The molecule has 7 nitrogen and oxygen atoms in total. The average molecular weight is 399 g/mol. The van der Waals surface area contributed by atoms with Crippen LogP contribution in [0.2, 0.25) is 0 Å². The van der Waals surface area contributed by atoms with Gasteiger partial charge in [-0.2, -0.15) is 21.6 Å². The molecule has 26 heavy (non-hydrogen) atoms. The minimum Gasteiger partial charge on any atom is -0.444 e. The van der Waals surface area contributed by atoms with E-state index >= 15 is 0 Å². The van der Waals surface area contributed by atoms with Gasteiger partial charge in [-0.1, -0.05) is 12.1 Å². The van der Waals surface area contributed by atoms with Gasteiger partial charge in [-0.05, 0) is 44.9 Å². The Kier molecular flexibility index (Phi) is 6.88. The van der Waals surface area contributed by atoms with Gasteiger partial charge < -0.3 is 19.3 Å². The molecule has 0 fully saturated rings. The van der Waals surface area contributed by atoms with Crippen LogP contribution in [-0.4, -0.2) is 37.3 Å². The molecule has 2 N–H and O–H groups in total. The SMILES string of the molecule is CC(C)(C)OC(=O)NCCC(O)c1cccc(OS(=O)(=O)C(F)(F)F)c1. The van der Waals surface area contributed by atoms with Crippen molar-refractivity contribution in [2.24, 2.45) is 0 Å². The van der Waals surface area contributed by atoms with E-state index in [1.807, 2.05) is 0 Å². The molecule has 11 heteroatoms. The second kappa shape index (κ2) is 8.12. The molecule has 0 aliphatic heterocycles. The summed E-state index contributed by atoms with van der Waals surface area (Å²) in [7, 11) is -5.79. The zero-order chi connectivity index (χ0) is 20.2. The van der Waals surface area contributed by atoms with Crippen molar-refractivity contribution in [3.05, 3.63) is 29.8 Å². The van der Waals surface area contributed by atoms with E-state index in [0.29, 0.717) is 0 Å². The Bertz CT molecular complexity index is 728. The third kappa shape index (κ3) is 7.08. The first kappa shape index (κ1) is 22.0. The maximum absolute atomic E-state index is 12.3. The number of rotatable bonds is 6. The van der Waals surface area contributed by atoms with Gasteiger partial charge in [-0.3, -0.25) is 0 Å². The lowest BCUT2D eigenvalue weighted by molar-refractivity contribution is -0.0500. The van der Waals surface area contributed by atoms with E-state index in [2.05, 4.69) is 9.50 Å². The molecule has 0 saturated carbocycles. The van der Waals surface area contributed by atoms with Gasteiger partial charge in [0, 0.05) is 6.54 Å². The van der Waals surface area contributed by atoms with Crippen LogP contribution >= 0.6 is 0 Å². The summed E-state index contributed by atoms with van der Waals surface area (Å²) in [6.45, 7) is 5.08. The second-order valence-electron chi connectivity index (χ2n) is 6.29. The normalized spacial score (nSPS) is 13.8. The number of ether oxygens (including phenoxy) is 1. The number of aliphatic hydroxyl groups excluding tert-OH is 1. The molecule has 1 aromatic carbocycles. The molecule has 0 saturated heterocycles. The number of halogens is 3. The zero-order valence-electron chi connectivity index (χ0n) is 14.3. The van der Waals surface area contributed by atoms with E-state index in [-0.39, 0.29) is 18.5 Å². The summed E-state index contributed by atoms with van der Waals surface area (Å²) in [5, 5.41) is 12.4. The van der Waals surface area contributed by atoms with Gasteiger partial charge in [0.05, 0.1) is 6.10 Å². The Labute approximate surface area is 149 Å². The molecule has 0 aliphatic rings. The number of amides is 1. The molecule has 1 aromatic rings. The molecule has 1 atom stereocenters. The number of hydrogen-bond acceptors (Lipinski definition) is 6. The maximum Gasteiger partial charge on any atom is 0.534 e. The Balaban J connectivity index is 2.66. The number of hydrogen-bond donors (Lipinski definition) is 2.